The fourth-order valence-corrected chi connectivity index (χ4v) is 4.10. The van der Waals surface area contributed by atoms with Gasteiger partial charge in [-0.1, -0.05) is 0 Å². The molecule has 5 rings (SSSR count). The molecule has 3 heterocycles. The predicted octanol–water partition coefficient (Wildman–Crippen LogP) is 3.12. The van der Waals surface area contributed by atoms with Crippen LogP contribution in [0, 0.1) is 0 Å². The van der Waals surface area contributed by atoms with Gasteiger partial charge in [-0.3, -0.25) is 9.48 Å². The van der Waals surface area contributed by atoms with E-state index < -0.39 is 0 Å². The molecule has 1 saturated carbocycles. The van der Waals surface area contributed by atoms with Crippen molar-refractivity contribution in [1.29, 1.82) is 0 Å². The lowest BCUT2D eigenvalue weighted by molar-refractivity contribution is 0.0735. The molecule has 0 spiro atoms. The van der Waals surface area contributed by atoms with E-state index in [1.54, 1.807) is 4.68 Å². The molecule has 0 atom stereocenters. The van der Waals surface area contributed by atoms with Crippen molar-refractivity contribution in [2.75, 3.05) is 37.7 Å². The predicted molar refractivity (Wildman–Crippen MR) is 122 cm³/mol. The largest absolute Gasteiger partial charge is 0.494 e. The van der Waals surface area contributed by atoms with Crippen LogP contribution in [-0.4, -0.2) is 63.6 Å². The Balaban J connectivity index is 1.23. The van der Waals surface area contributed by atoms with Gasteiger partial charge in [0, 0.05) is 44.7 Å². The van der Waals surface area contributed by atoms with E-state index in [0.29, 0.717) is 31.3 Å². The lowest BCUT2D eigenvalue weighted by Gasteiger charge is -2.35. The summed E-state index contributed by atoms with van der Waals surface area (Å²) in [5, 5.41) is 13.4. The molecule has 1 aliphatic heterocycles. The van der Waals surface area contributed by atoms with E-state index in [1.165, 1.54) is 12.8 Å². The number of anilines is 1. The number of aryl methyl sites for hydroxylation is 1. The minimum atomic E-state index is 0.00648. The van der Waals surface area contributed by atoms with Crippen molar-refractivity contribution in [3.05, 3.63) is 53.9 Å². The summed E-state index contributed by atoms with van der Waals surface area (Å²) in [7, 11) is 1.82. The SMILES string of the molecule is CCOc1ccc(-c2cc(C(=O)N3CCN(c4ccc(C5CC5)nn4)CC3)n(C)n2)cc1. The highest BCUT2D eigenvalue weighted by Crippen LogP contribution is 2.38. The third-order valence-corrected chi connectivity index (χ3v) is 6.12. The molecule has 0 bridgehead atoms. The van der Waals surface area contributed by atoms with E-state index >= 15 is 0 Å². The summed E-state index contributed by atoms with van der Waals surface area (Å²) in [6, 6.07) is 13.8. The van der Waals surface area contributed by atoms with Crippen LogP contribution in [0.1, 0.15) is 41.9 Å². The summed E-state index contributed by atoms with van der Waals surface area (Å²) >= 11 is 0. The number of nitrogens with zero attached hydrogens (tertiary/aromatic N) is 6. The second-order valence-corrected chi connectivity index (χ2v) is 8.37. The van der Waals surface area contributed by atoms with Crippen molar-refractivity contribution in [3.8, 4) is 17.0 Å². The summed E-state index contributed by atoms with van der Waals surface area (Å²) in [5.74, 6) is 2.33. The molecule has 1 aliphatic carbocycles. The van der Waals surface area contributed by atoms with Crippen molar-refractivity contribution < 1.29 is 9.53 Å². The highest BCUT2D eigenvalue weighted by molar-refractivity contribution is 5.94. The fourth-order valence-electron chi connectivity index (χ4n) is 4.10. The standard InChI is InChI=1S/C24H28N6O2/c1-3-32-19-8-6-18(7-9-19)21-16-22(28(2)27-21)24(31)30-14-12-29(13-15-30)23-11-10-20(25-26-23)17-4-5-17/h6-11,16-17H,3-5,12-15H2,1-2H3. The molecule has 2 aliphatic rings. The quantitative estimate of drug-likeness (QED) is 0.596. The second-order valence-electron chi connectivity index (χ2n) is 8.37. The van der Waals surface area contributed by atoms with E-state index in [2.05, 4.69) is 32.3 Å². The van der Waals surface area contributed by atoms with Crippen LogP contribution in [0.5, 0.6) is 5.75 Å². The molecule has 0 N–H and O–H groups in total. The molecule has 1 amide bonds. The Hall–Kier alpha value is -3.42. The van der Waals surface area contributed by atoms with Gasteiger partial charge in [0.25, 0.3) is 5.91 Å². The van der Waals surface area contributed by atoms with E-state index in [1.807, 2.05) is 49.2 Å². The lowest BCUT2D eigenvalue weighted by atomic mass is 10.1. The van der Waals surface area contributed by atoms with E-state index in [9.17, 15) is 4.79 Å². The molecule has 2 fully saturated rings. The van der Waals surface area contributed by atoms with Crippen LogP contribution in [0.3, 0.4) is 0 Å². The highest BCUT2D eigenvalue weighted by Gasteiger charge is 2.27. The van der Waals surface area contributed by atoms with Gasteiger partial charge >= 0.3 is 0 Å². The number of aromatic nitrogens is 4. The zero-order valence-corrected chi connectivity index (χ0v) is 18.6. The number of ether oxygens (including phenoxy) is 1. The molecule has 8 heteroatoms. The van der Waals surface area contributed by atoms with Crippen molar-refractivity contribution in [3.63, 3.8) is 0 Å². The first-order chi connectivity index (χ1) is 15.6. The van der Waals surface area contributed by atoms with E-state index in [4.69, 9.17) is 4.74 Å². The molecule has 166 valence electrons. The molecule has 32 heavy (non-hydrogen) atoms. The zero-order chi connectivity index (χ0) is 22.1. The monoisotopic (exact) mass is 432 g/mol. The maximum absolute atomic E-state index is 13.2. The summed E-state index contributed by atoms with van der Waals surface area (Å²) in [6.07, 6.45) is 2.45. The average Bonchev–Trinajstić information content (AvgIpc) is 3.61. The Morgan fingerprint density at radius 3 is 2.41 bits per heavy atom. The number of hydrogen-bond acceptors (Lipinski definition) is 6. The van der Waals surface area contributed by atoms with Crippen molar-refractivity contribution in [1.82, 2.24) is 24.9 Å². The molecule has 8 nitrogen and oxygen atoms in total. The van der Waals surface area contributed by atoms with Crippen LogP contribution >= 0.6 is 0 Å². The molecular formula is C24H28N6O2. The van der Waals surface area contributed by atoms with Crippen LogP contribution < -0.4 is 9.64 Å². The van der Waals surface area contributed by atoms with Gasteiger partial charge in [0.1, 0.15) is 11.4 Å². The van der Waals surface area contributed by atoms with Gasteiger partial charge in [0.15, 0.2) is 5.82 Å². The van der Waals surface area contributed by atoms with Crippen LogP contribution in [-0.2, 0) is 7.05 Å². The molecule has 1 aromatic carbocycles. The van der Waals surface area contributed by atoms with Crippen LogP contribution in [0.2, 0.25) is 0 Å². The Labute approximate surface area is 187 Å². The van der Waals surface area contributed by atoms with Gasteiger partial charge in [0.05, 0.1) is 18.0 Å². The van der Waals surface area contributed by atoms with Crippen LogP contribution in [0.4, 0.5) is 5.82 Å². The zero-order valence-electron chi connectivity index (χ0n) is 18.6. The minimum Gasteiger partial charge on any atom is -0.494 e. The van der Waals surface area contributed by atoms with Gasteiger partial charge < -0.3 is 14.5 Å². The molecule has 1 saturated heterocycles. The minimum absolute atomic E-state index is 0.00648. The van der Waals surface area contributed by atoms with Gasteiger partial charge in [0.2, 0.25) is 0 Å². The molecular weight excluding hydrogens is 404 g/mol. The van der Waals surface area contributed by atoms with Crippen LogP contribution in [0.25, 0.3) is 11.3 Å². The molecule has 3 aromatic rings. The number of piperazine rings is 1. The second kappa shape index (κ2) is 8.61. The van der Waals surface area contributed by atoms with Gasteiger partial charge in [-0.25, -0.2) is 0 Å². The maximum atomic E-state index is 13.2. The number of rotatable bonds is 6. The van der Waals surface area contributed by atoms with Crippen LogP contribution in [0.15, 0.2) is 42.5 Å². The van der Waals surface area contributed by atoms with Crippen molar-refractivity contribution >= 4 is 11.7 Å². The van der Waals surface area contributed by atoms with Gasteiger partial charge in [-0.2, -0.15) is 10.2 Å². The fraction of sp³-hybridized carbons (Fsp3) is 0.417. The number of hydrogen-bond donors (Lipinski definition) is 0. The summed E-state index contributed by atoms with van der Waals surface area (Å²) < 4.78 is 7.17. The first kappa shape index (κ1) is 20.5. The Morgan fingerprint density at radius 2 is 1.78 bits per heavy atom. The summed E-state index contributed by atoms with van der Waals surface area (Å²) in [5.41, 5.74) is 3.43. The average molecular weight is 433 g/mol. The number of benzene rings is 1. The topological polar surface area (TPSA) is 76.4 Å². The Kier molecular flexibility index (Phi) is 5.51. The van der Waals surface area contributed by atoms with Crippen molar-refractivity contribution in [2.45, 2.75) is 25.7 Å². The van der Waals surface area contributed by atoms with Crippen molar-refractivity contribution in [2.24, 2.45) is 7.05 Å². The first-order valence-corrected chi connectivity index (χ1v) is 11.3. The normalized spacial score (nSPS) is 16.3. The number of amides is 1. The summed E-state index contributed by atoms with van der Waals surface area (Å²) in [6.45, 7) is 5.37. The van der Waals surface area contributed by atoms with E-state index in [-0.39, 0.29) is 5.91 Å². The third-order valence-electron chi connectivity index (χ3n) is 6.12. The molecule has 2 aromatic heterocycles. The van der Waals surface area contributed by atoms with Gasteiger partial charge in [-0.15, -0.1) is 5.10 Å². The van der Waals surface area contributed by atoms with E-state index in [0.717, 1.165) is 41.6 Å². The van der Waals surface area contributed by atoms with Gasteiger partial charge in [-0.05, 0) is 62.2 Å². The molecule has 0 unspecified atom stereocenters. The maximum Gasteiger partial charge on any atom is 0.272 e. The number of carbonyl (C=O) groups excluding carboxylic acids is 1. The highest BCUT2D eigenvalue weighted by atomic mass is 16.5. The number of carbonyl (C=O) groups is 1. The Bertz CT molecular complexity index is 1080. The summed E-state index contributed by atoms with van der Waals surface area (Å²) in [4.78, 5) is 17.3. The first-order valence-electron chi connectivity index (χ1n) is 11.3. The smallest absolute Gasteiger partial charge is 0.272 e. The molecule has 0 radical (unpaired) electrons. The Morgan fingerprint density at radius 1 is 1.03 bits per heavy atom. The lowest BCUT2D eigenvalue weighted by Crippen LogP contribution is -2.49. The third kappa shape index (κ3) is 4.17.